The summed E-state index contributed by atoms with van der Waals surface area (Å²) in [6.45, 7) is 6.17. The van der Waals surface area contributed by atoms with Crippen molar-refractivity contribution in [2.24, 2.45) is 22.9 Å². The van der Waals surface area contributed by atoms with Crippen LogP contribution in [0.5, 0.6) is 0 Å². The summed E-state index contributed by atoms with van der Waals surface area (Å²) in [6, 6.07) is 29.0. The third-order valence-corrected chi connectivity index (χ3v) is 2.97. The molecule has 12 N–H and O–H groups in total. The van der Waals surface area contributed by atoms with Gasteiger partial charge < -0.3 is 34.4 Å². The van der Waals surface area contributed by atoms with E-state index in [-0.39, 0.29) is 0 Å². The third kappa shape index (κ3) is 29.4. The Morgan fingerprint density at radius 3 is 0.935 bits per heavy atom. The minimum Gasteiger partial charge on any atom is -0.399 e. The van der Waals surface area contributed by atoms with Crippen molar-refractivity contribution in [1.82, 2.24) is 0 Å². The quantitative estimate of drug-likeness (QED) is 0.343. The molecule has 3 aromatic carbocycles. The molecule has 0 aliphatic carbocycles. The number of benzene rings is 3. The number of hydrogen-bond acceptors (Lipinski definition) is 6. The summed E-state index contributed by atoms with van der Waals surface area (Å²) in [5.41, 5.74) is 33.3. The van der Waals surface area contributed by atoms with E-state index in [1.165, 1.54) is 12.6 Å². The van der Waals surface area contributed by atoms with Crippen molar-refractivity contribution in [3.05, 3.63) is 96.6 Å². The van der Waals surface area contributed by atoms with Crippen molar-refractivity contribution < 1.29 is 0 Å². The largest absolute Gasteiger partial charge is 0.399 e. The molecule has 0 atom stereocenters. The summed E-state index contributed by atoms with van der Waals surface area (Å²) in [5.74, 6) is 0. The Morgan fingerprint density at radius 2 is 0.806 bits per heavy atom. The van der Waals surface area contributed by atoms with Crippen molar-refractivity contribution in [2.75, 3.05) is 31.6 Å². The minimum absolute atomic E-state index is 0.640. The number of nitrogen functional groups attached to an aromatic ring is 2. The fourth-order valence-corrected chi connectivity index (χ4v) is 1.52. The molecule has 3 aromatic rings. The van der Waals surface area contributed by atoms with Gasteiger partial charge in [-0.15, -0.1) is 0 Å². The maximum absolute atomic E-state index is 5.36. The molecule has 0 unspecified atom stereocenters. The Morgan fingerprint density at radius 1 is 0.548 bits per heavy atom. The molecule has 0 aliphatic heterocycles. The standard InChI is InChI=1S/C7H9N.2C6H7N.C3H9N.C2H7N.CH5N/c8-6-7-4-2-1-3-5-7;2*7-6-4-2-1-3-5-6;1-2-3-4;1-2-3;1-2/h1-5H,6,8H2;2*1-5H,7H2;2-4H2,1H3;2-3H2,1H3;2H2,1H3. The van der Waals surface area contributed by atoms with Crippen LogP contribution < -0.4 is 34.4 Å². The maximum Gasteiger partial charge on any atom is 0.0313 e. The molecule has 6 nitrogen and oxygen atoms in total. The monoisotopic (exact) mass is 428 g/mol. The van der Waals surface area contributed by atoms with Gasteiger partial charge in [-0.2, -0.15) is 0 Å². The van der Waals surface area contributed by atoms with Gasteiger partial charge in [-0.25, -0.2) is 0 Å². The zero-order valence-electron chi connectivity index (χ0n) is 19.5. The van der Waals surface area contributed by atoms with Crippen molar-refractivity contribution in [3.8, 4) is 0 Å². The average molecular weight is 429 g/mol. The fraction of sp³-hybridized carbons (Fsp3) is 0.280. The molecular weight excluding hydrogens is 384 g/mol. The van der Waals surface area contributed by atoms with E-state index < -0.39 is 0 Å². The van der Waals surface area contributed by atoms with E-state index in [4.69, 9.17) is 28.7 Å². The fourth-order valence-electron chi connectivity index (χ4n) is 1.52. The van der Waals surface area contributed by atoms with E-state index in [2.05, 4.69) is 12.7 Å². The van der Waals surface area contributed by atoms with Crippen LogP contribution in [0.25, 0.3) is 0 Å². The highest BCUT2D eigenvalue weighted by Crippen LogP contribution is 1.96. The molecule has 0 saturated carbocycles. The van der Waals surface area contributed by atoms with Gasteiger partial charge in [0.1, 0.15) is 0 Å². The van der Waals surface area contributed by atoms with Crippen LogP contribution in [-0.2, 0) is 6.54 Å². The van der Waals surface area contributed by atoms with E-state index >= 15 is 0 Å². The van der Waals surface area contributed by atoms with Gasteiger partial charge in [-0.1, -0.05) is 80.6 Å². The number of hydrogen-bond donors (Lipinski definition) is 6. The molecule has 0 radical (unpaired) electrons. The van der Waals surface area contributed by atoms with Gasteiger partial charge in [-0.05, 0) is 56.4 Å². The Labute approximate surface area is 189 Å². The normalized spacial score (nSPS) is 7.97. The summed E-state index contributed by atoms with van der Waals surface area (Å²) >= 11 is 0. The zero-order valence-corrected chi connectivity index (χ0v) is 19.5. The number of anilines is 2. The molecule has 0 spiro atoms. The van der Waals surface area contributed by atoms with E-state index in [1.54, 1.807) is 0 Å². The zero-order chi connectivity index (χ0) is 24.2. The Balaban J connectivity index is -0.000000321. The number of para-hydroxylation sites is 2. The summed E-state index contributed by atoms with van der Waals surface area (Å²) in [7, 11) is 1.50. The second kappa shape index (κ2) is 29.3. The van der Waals surface area contributed by atoms with Crippen LogP contribution in [0.15, 0.2) is 91.0 Å². The molecule has 174 valence electrons. The van der Waals surface area contributed by atoms with Crippen LogP contribution in [0.3, 0.4) is 0 Å². The summed E-state index contributed by atoms with van der Waals surface area (Å²) in [6.07, 6.45) is 1.10. The number of nitrogens with two attached hydrogens (primary N) is 6. The van der Waals surface area contributed by atoms with Gasteiger partial charge >= 0.3 is 0 Å². The van der Waals surface area contributed by atoms with E-state index in [1.807, 2.05) is 97.9 Å². The molecule has 0 bridgehead atoms. The third-order valence-electron chi connectivity index (χ3n) is 2.97. The molecule has 31 heavy (non-hydrogen) atoms. The molecule has 0 saturated heterocycles. The molecule has 0 amide bonds. The summed E-state index contributed by atoms with van der Waals surface area (Å²) in [5, 5.41) is 0. The molecule has 0 heterocycles. The van der Waals surface area contributed by atoms with Gasteiger partial charge in [-0.3, -0.25) is 0 Å². The molecule has 0 aliphatic rings. The molecular formula is C25H44N6. The Bertz CT molecular complexity index is 609. The summed E-state index contributed by atoms with van der Waals surface area (Å²) in [4.78, 5) is 0. The molecule has 0 fully saturated rings. The van der Waals surface area contributed by atoms with E-state index in [0.29, 0.717) is 6.54 Å². The highest BCUT2D eigenvalue weighted by atomic mass is 14.5. The molecule has 6 heteroatoms. The van der Waals surface area contributed by atoms with Crippen LogP contribution in [0.2, 0.25) is 0 Å². The van der Waals surface area contributed by atoms with Crippen molar-refractivity contribution in [2.45, 2.75) is 26.8 Å². The van der Waals surface area contributed by atoms with Crippen LogP contribution in [0.1, 0.15) is 25.8 Å². The highest BCUT2D eigenvalue weighted by molar-refractivity contribution is 5.36. The van der Waals surface area contributed by atoms with Crippen molar-refractivity contribution in [1.29, 1.82) is 0 Å². The van der Waals surface area contributed by atoms with Gasteiger partial charge in [0.05, 0.1) is 0 Å². The lowest BCUT2D eigenvalue weighted by molar-refractivity contribution is 0.932. The van der Waals surface area contributed by atoms with Crippen molar-refractivity contribution >= 4 is 11.4 Å². The highest BCUT2D eigenvalue weighted by Gasteiger charge is 1.80. The van der Waals surface area contributed by atoms with Gasteiger partial charge in [0.2, 0.25) is 0 Å². The summed E-state index contributed by atoms with van der Waals surface area (Å²) < 4.78 is 0. The van der Waals surface area contributed by atoms with Crippen LogP contribution in [-0.4, -0.2) is 20.1 Å². The lowest BCUT2D eigenvalue weighted by Gasteiger charge is -1.90. The number of rotatable bonds is 2. The molecule has 0 aromatic heterocycles. The van der Waals surface area contributed by atoms with Gasteiger partial charge in [0, 0.05) is 17.9 Å². The topological polar surface area (TPSA) is 156 Å². The first-order valence-electron chi connectivity index (χ1n) is 10.4. The lowest BCUT2D eigenvalue weighted by atomic mass is 10.2. The van der Waals surface area contributed by atoms with Crippen LogP contribution >= 0.6 is 0 Å². The first-order chi connectivity index (χ1) is 15.0. The average Bonchev–Trinajstić information content (AvgIpc) is 2.83. The maximum atomic E-state index is 5.36. The Kier molecular flexibility index (Phi) is 31.0. The van der Waals surface area contributed by atoms with Gasteiger partial charge in [0.25, 0.3) is 0 Å². The lowest BCUT2D eigenvalue weighted by Crippen LogP contribution is -1.94. The predicted octanol–water partition coefficient (Wildman–Crippen LogP) is 3.58. The first-order valence-corrected chi connectivity index (χ1v) is 10.4. The van der Waals surface area contributed by atoms with E-state index in [0.717, 1.165) is 30.9 Å². The molecule has 3 rings (SSSR count). The van der Waals surface area contributed by atoms with Crippen molar-refractivity contribution in [3.63, 3.8) is 0 Å². The SMILES string of the molecule is CCCN.CCN.CN.NCc1ccccc1.Nc1ccccc1.Nc1ccccc1. The Hall–Kier alpha value is -2.90. The minimum atomic E-state index is 0.640. The van der Waals surface area contributed by atoms with Crippen LogP contribution in [0, 0.1) is 0 Å². The second-order valence-corrected chi connectivity index (χ2v) is 5.71. The predicted molar refractivity (Wildman–Crippen MR) is 140 cm³/mol. The first kappa shape index (κ1) is 32.8. The smallest absolute Gasteiger partial charge is 0.0313 e. The van der Waals surface area contributed by atoms with E-state index in [9.17, 15) is 0 Å². The van der Waals surface area contributed by atoms with Gasteiger partial charge in [0.15, 0.2) is 0 Å². The van der Waals surface area contributed by atoms with Crippen LogP contribution in [0.4, 0.5) is 11.4 Å². The second-order valence-electron chi connectivity index (χ2n) is 5.71.